The summed E-state index contributed by atoms with van der Waals surface area (Å²) in [7, 11) is 0. The van der Waals surface area contributed by atoms with Gasteiger partial charge in [-0.05, 0) is 105 Å². The van der Waals surface area contributed by atoms with Gasteiger partial charge in [0.05, 0.1) is 22.8 Å². The monoisotopic (exact) mass is 633 g/mol. The van der Waals surface area contributed by atoms with Gasteiger partial charge in [-0.25, -0.2) is 9.97 Å². The van der Waals surface area contributed by atoms with Crippen molar-refractivity contribution >= 4 is 68.3 Å². The minimum atomic E-state index is -1.11. The molecule has 0 saturated heterocycles. The highest BCUT2D eigenvalue weighted by molar-refractivity contribution is 5.98. The lowest BCUT2D eigenvalue weighted by molar-refractivity contribution is -0.141. The Morgan fingerprint density at radius 3 is 2.04 bits per heavy atom. The van der Waals surface area contributed by atoms with Gasteiger partial charge in [0.2, 0.25) is 5.91 Å². The van der Waals surface area contributed by atoms with Crippen LogP contribution in [0.15, 0.2) is 43.5 Å². The zero-order valence-electron chi connectivity index (χ0n) is 27.3. The largest absolute Gasteiger partial charge is 0.481 e. The van der Waals surface area contributed by atoms with Crippen LogP contribution in [0, 0.1) is 13.8 Å². The van der Waals surface area contributed by atoms with Gasteiger partial charge in [0.1, 0.15) is 6.04 Å². The molecule has 3 aromatic rings. The number of hydrogen-bond donors (Lipinski definition) is 5. The molecule has 2 aliphatic rings. The van der Waals surface area contributed by atoms with E-state index < -0.39 is 18.0 Å². The van der Waals surface area contributed by atoms with E-state index in [-0.39, 0.29) is 18.7 Å². The Morgan fingerprint density at radius 1 is 0.787 bits per heavy atom. The Labute approximate surface area is 272 Å². The fraction of sp³-hybridized carbons (Fsp3) is 0.270. The van der Waals surface area contributed by atoms with Gasteiger partial charge < -0.3 is 25.5 Å². The molecule has 8 bridgehead atoms. The zero-order chi connectivity index (χ0) is 34.2. The van der Waals surface area contributed by atoms with Crippen LogP contribution < -0.4 is 5.32 Å². The van der Waals surface area contributed by atoms with Crippen molar-refractivity contribution in [1.82, 2.24) is 25.3 Å². The first-order valence-electron chi connectivity index (χ1n) is 15.5. The van der Waals surface area contributed by atoms with Gasteiger partial charge in [0, 0.05) is 46.0 Å². The molecule has 10 nitrogen and oxygen atoms in total. The first kappa shape index (κ1) is 32.9. The summed E-state index contributed by atoms with van der Waals surface area (Å²) in [6.45, 7) is 17.5. The molecule has 0 aliphatic carbocycles. The maximum atomic E-state index is 12.7. The van der Waals surface area contributed by atoms with Crippen LogP contribution in [-0.2, 0) is 20.8 Å². The number of H-pyrrole nitrogens is 2. The normalized spacial score (nSPS) is 13.5. The molecule has 5 heterocycles. The Bertz CT molecular complexity index is 2090. The van der Waals surface area contributed by atoms with E-state index in [0.29, 0.717) is 24.2 Å². The highest BCUT2D eigenvalue weighted by atomic mass is 16.4. The summed E-state index contributed by atoms with van der Waals surface area (Å²) < 4.78 is 0. The van der Waals surface area contributed by atoms with Crippen LogP contribution >= 0.6 is 0 Å². The maximum Gasteiger partial charge on any atom is 0.325 e. The van der Waals surface area contributed by atoms with Gasteiger partial charge in [-0.1, -0.05) is 25.3 Å². The van der Waals surface area contributed by atoms with Crippen LogP contribution in [0.4, 0.5) is 0 Å². The minimum Gasteiger partial charge on any atom is -0.481 e. The molecule has 3 aromatic heterocycles. The molecule has 1 atom stereocenters. The van der Waals surface area contributed by atoms with Crippen molar-refractivity contribution in [3.8, 4) is 0 Å². The summed E-state index contributed by atoms with van der Waals surface area (Å²) in [5, 5.41) is 21.3. The summed E-state index contributed by atoms with van der Waals surface area (Å²) in [5.41, 5.74) is 13.4. The molecule has 0 fully saturated rings. The van der Waals surface area contributed by atoms with Crippen molar-refractivity contribution in [1.29, 1.82) is 0 Å². The molecule has 10 heteroatoms. The average Bonchev–Trinajstić information content (AvgIpc) is 3.67. The third-order valence-corrected chi connectivity index (χ3v) is 8.98. The molecule has 0 spiro atoms. The van der Waals surface area contributed by atoms with Crippen molar-refractivity contribution in [2.75, 3.05) is 0 Å². The number of aromatic nitrogens is 4. The number of hydrogen-bond acceptors (Lipinski definition) is 5. The molecule has 5 rings (SSSR count). The maximum absolute atomic E-state index is 12.7. The van der Waals surface area contributed by atoms with Crippen LogP contribution in [0.2, 0.25) is 0 Å². The number of fused-ring (bicyclic) bond motifs is 8. The van der Waals surface area contributed by atoms with Crippen LogP contribution in [0.25, 0.3) is 50.4 Å². The summed E-state index contributed by atoms with van der Waals surface area (Å²) in [5.74, 6) is -2.39. The molecular weight excluding hydrogens is 594 g/mol. The average molecular weight is 634 g/mol. The van der Waals surface area contributed by atoms with Crippen molar-refractivity contribution < 1.29 is 24.6 Å². The van der Waals surface area contributed by atoms with Gasteiger partial charge in [-0.15, -0.1) is 0 Å². The lowest BCUT2D eigenvalue weighted by Crippen LogP contribution is -2.38. The first-order chi connectivity index (χ1) is 22.3. The van der Waals surface area contributed by atoms with Crippen molar-refractivity contribution in [3.05, 3.63) is 88.5 Å². The van der Waals surface area contributed by atoms with Crippen LogP contribution in [0.3, 0.4) is 0 Å². The van der Waals surface area contributed by atoms with Crippen molar-refractivity contribution in [2.45, 2.75) is 66.3 Å². The van der Waals surface area contributed by atoms with Crippen LogP contribution in [0.1, 0.15) is 85.1 Å². The lowest BCUT2D eigenvalue weighted by atomic mass is 10.00. The number of nitrogens with zero attached hydrogens (tertiary/aromatic N) is 2. The number of nitrogens with one attached hydrogen (secondary N) is 3. The number of carbonyl (C=O) groups excluding carboxylic acids is 1. The summed E-state index contributed by atoms with van der Waals surface area (Å²) in [4.78, 5) is 52.7. The number of aliphatic carboxylic acids is 2. The number of carboxylic acid groups (broad SMARTS) is 2. The smallest absolute Gasteiger partial charge is 0.325 e. The van der Waals surface area contributed by atoms with Crippen molar-refractivity contribution in [2.24, 2.45) is 0 Å². The van der Waals surface area contributed by atoms with E-state index in [1.54, 1.807) is 6.08 Å². The molecule has 242 valence electrons. The second-order valence-corrected chi connectivity index (χ2v) is 12.0. The first-order valence-corrected chi connectivity index (χ1v) is 15.5. The van der Waals surface area contributed by atoms with Gasteiger partial charge >= 0.3 is 11.9 Å². The molecule has 47 heavy (non-hydrogen) atoms. The number of carbonyl (C=O) groups is 3. The molecular formula is C37H39N5O5. The molecule has 0 saturated carbocycles. The molecule has 0 radical (unpaired) electrons. The second-order valence-electron chi connectivity index (χ2n) is 12.0. The van der Waals surface area contributed by atoms with E-state index in [0.717, 1.165) is 78.0 Å². The lowest BCUT2D eigenvalue weighted by Gasteiger charge is -2.09. The topological polar surface area (TPSA) is 161 Å². The number of allylic oxidation sites excluding steroid dienone is 5. The van der Waals surface area contributed by atoms with Gasteiger partial charge in [0.25, 0.3) is 0 Å². The third-order valence-electron chi connectivity index (χ3n) is 8.98. The van der Waals surface area contributed by atoms with Gasteiger partial charge in [-0.3, -0.25) is 14.4 Å². The van der Waals surface area contributed by atoms with E-state index in [2.05, 4.69) is 28.4 Å². The SMILES string of the molecule is C=CC1=C(C)c2cc3[nH]c(cc4nc(cc5[nH]c(cc1n2)c(C)c5CCC(=O)N[C@@H](C)C(=O)O)C(CCC(=O)O)=C4C)c(C)c3C=C. The molecule has 2 aliphatic heterocycles. The van der Waals surface area contributed by atoms with E-state index in [1.165, 1.54) is 6.92 Å². The molecule has 0 aromatic carbocycles. The van der Waals surface area contributed by atoms with Crippen LogP contribution in [0.5, 0.6) is 0 Å². The Kier molecular flexibility index (Phi) is 9.15. The highest BCUT2D eigenvalue weighted by Gasteiger charge is 2.21. The summed E-state index contributed by atoms with van der Waals surface area (Å²) >= 11 is 0. The highest BCUT2D eigenvalue weighted by Crippen LogP contribution is 2.36. The number of amides is 1. The van der Waals surface area contributed by atoms with E-state index >= 15 is 0 Å². The molecule has 0 unspecified atom stereocenters. The zero-order valence-corrected chi connectivity index (χ0v) is 27.3. The number of rotatable bonds is 10. The van der Waals surface area contributed by atoms with E-state index in [9.17, 15) is 24.6 Å². The predicted molar refractivity (Wildman–Crippen MR) is 186 cm³/mol. The van der Waals surface area contributed by atoms with Crippen molar-refractivity contribution in [3.63, 3.8) is 0 Å². The van der Waals surface area contributed by atoms with E-state index in [1.807, 2.05) is 58.0 Å². The summed E-state index contributed by atoms with van der Waals surface area (Å²) in [6.07, 6.45) is 4.25. The number of carboxylic acids is 2. The van der Waals surface area contributed by atoms with Crippen LogP contribution in [-0.4, -0.2) is 54.0 Å². The number of aryl methyl sites for hydroxylation is 3. The standard InChI is InChI=1S/C37H39N5O5/c1-8-23-18(3)27-14-28-21(6)26(11-13-36(44)45)34(41-28)17-33-25(10-12-35(43)38-22(7)37(46)47)20(5)30(42-33)16-32-24(9-2)19(4)29(40-32)15-31(23)39-27/h8-9,14-17,22,39,42H,1-2,10-13H2,3-7H3,(H,38,43)(H,44,45)(H,46,47)/t22-/m0/s1. The number of aromatic amines is 2. The fourth-order valence-corrected chi connectivity index (χ4v) is 6.15. The Balaban J connectivity index is 1.83. The summed E-state index contributed by atoms with van der Waals surface area (Å²) in [6, 6.07) is 6.84. The Morgan fingerprint density at radius 2 is 1.38 bits per heavy atom. The van der Waals surface area contributed by atoms with Gasteiger partial charge in [-0.2, -0.15) is 0 Å². The van der Waals surface area contributed by atoms with E-state index in [4.69, 9.17) is 9.97 Å². The minimum absolute atomic E-state index is 0.0555. The molecule has 1 amide bonds. The molecule has 5 N–H and O–H groups in total. The quantitative estimate of drug-likeness (QED) is 0.160. The predicted octanol–water partition coefficient (Wildman–Crippen LogP) is 7.01. The fourth-order valence-electron chi connectivity index (χ4n) is 6.15. The third kappa shape index (κ3) is 6.44. The Hall–Kier alpha value is -5.51. The second kappa shape index (κ2) is 13.1. The van der Waals surface area contributed by atoms with Gasteiger partial charge in [0.15, 0.2) is 0 Å².